The van der Waals surface area contributed by atoms with Crippen LogP contribution in [0.5, 0.6) is 11.5 Å². The van der Waals surface area contributed by atoms with Crippen molar-refractivity contribution in [2.45, 2.75) is 25.2 Å². The number of rotatable bonds is 9. The lowest BCUT2D eigenvalue weighted by atomic mass is 10.1. The summed E-state index contributed by atoms with van der Waals surface area (Å²) in [5.41, 5.74) is 2.40. The van der Waals surface area contributed by atoms with Crippen LogP contribution in [0, 0.1) is 6.92 Å². The highest BCUT2D eigenvalue weighted by Gasteiger charge is 2.24. The monoisotopic (exact) mass is 508 g/mol. The van der Waals surface area contributed by atoms with Gasteiger partial charge >= 0.3 is 0 Å². The SMILES string of the molecule is CCN(c1ccccc1)S(=O)(=O)c1ccc(-n2[nH]c(C)c(Cc3cc(OC)cc(OC)c3)c2=O)nc1. The second-order valence-electron chi connectivity index (χ2n) is 8.11. The maximum Gasteiger partial charge on any atom is 0.276 e. The summed E-state index contributed by atoms with van der Waals surface area (Å²) < 4.78 is 39.8. The molecule has 4 rings (SSSR count). The van der Waals surface area contributed by atoms with Gasteiger partial charge in [0, 0.05) is 36.5 Å². The van der Waals surface area contributed by atoms with Crippen LogP contribution in [-0.2, 0) is 16.4 Å². The highest BCUT2D eigenvalue weighted by Crippen LogP contribution is 2.25. The number of aromatic amines is 1. The number of methoxy groups -OCH3 is 2. The van der Waals surface area contributed by atoms with E-state index in [1.807, 2.05) is 25.1 Å². The average Bonchev–Trinajstić information content (AvgIpc) is 3.17. The van der Waals surface area contributed by atoms with E-state index in [1.165, 1.54) is 27.3 Å². The lowest BCUT2D eigenvalue weighted by Crippen LogP contribution is -2.30. The predicted octanol–water partition coefficient (Wildman–Crippen LogP) is 3.69. The van der Waals surface area contributed by atoms with Crippen LogP contribution < -0.4 is 19.3 Å². The molecular weight excluding hydrogens is 480 g/mol. The third kappa shape index (κ3) is 4.85. The van der Waals surface area contributed by atoms with Gasteiger partial charge in [-0.3, -0.25) is 14.2 Å². The number of hydrogen-bond donors (Lipinski definition) is 1. The van der Waals surface area contributed by atoms with Crippen LogP contribution in [0.4, 0.5) is 5.69 Å². The number of nitrogens with zero attached hydrogens (tertiary/aromatic N) is 3. The lowest BCUT2D eigenvalue weighted by molar-refractivity contribution is 0.393. The minimum absolute atomic E-state index is 0.0389. The van der Waals surface area contributed by atoms with Crippen molar-refractivity contribution in [3.63, 3.8) is 0 Å². The third-order valence-corrected chi connectivity index (χ3v) is 7.74. The third-order valence-electron chi connectivity index (χ3n) is 5.85. The van der Waals surface area contributed by atoms with Crippen molar-refractivity contribution in [2.24, 2.45) is 0 Å². The fourth-order valence-corrected chi connectivity index (χ4v) is 5.41. The first-order valence-corrected chi connectivity index (χ1v) is 12.8. The first-order chi connectivity index (χ1) is 17.3. The Bertz CT molecular complexity index is 1490. The summed E-state index contributed by atoms with van der Waals surface area (Å²) in [5, 5.41) is 3.04. The van der Waals surface area contributed by atoms with Gasteiger partial charge in [-0.15, -0.1) is 0 Å². The summed E-state index contributed by atoms with van der Waals surface area (Å²) in [5.74, 6) is 1.56. The molecule has 188 valence electrons. The van der Waals surface area contributed by atoms with Crippen LogP contribution in [0.3, 0.4) is 0 Å². The van der Waals surface area contributed by atoms with Crippen LogP contribution in [0.2, 0.25) is 0 Å². The zero-order valence-corrected chi connectivity index (χ0v) is 21.4. The van der Waals surface area contributed by atoms with E-state index < -0.39 is 10.0 Å². The Morgan fingerprint density at radius 2 is 1.67 bits per heavy atom. The van der Waals surface area contributed by atoms with Crippen LogP contribution in [0.1, 0.15) is 23.7 Å². The van der Waals surface area contributed by atoms with Crippen LogP contribution in [-0.4, -0.2) is 43.9 Å². The van der Waals surface area contributed by atoms with Gasteiger partial charge in [-0.25, -0.2) is 18.1 Å². The molecule has 1 N–H and O–H groups in total. The zero-order chi connectivity index (χ0) is 25.9. The topological polar surface area (TPSA) is 107 Å². The second-order valence-corrected chi connectivity index (χ2v) is 9.97. The Labute approximate surface area is 210 Å². The van der Waals surface area contributed by atoms with Gasteiger partial charge in [-0.05, 0) is 55.8 Å². The molecule has 0 aliphatic carbocycles. The van der Waals surface area contributed by atoms with E-state index in [0.717, 1.165) is 5.56 Å². The van der Waals surface area contributed by atoms with Gasteiger partial charge in [0.2, 0.25) is 0 Å². The molecule has 0 saturated heterocycles. The van der Waals surface area contributed by atoms with Crippen LogP contribution in [0.25, 0.3) is 5.82 Å². The number of pyridine rings is 1. The van der Waals surface area contributed by atoms with Crippen molar-refractivity contribution in [3.05, 3.63) is 94.0 Å². The van der Waals surface area contributed by atoms with Gasteiger partial charge in [0.1, 0.15) is 16.4 Å². The first kappa shape index (κ1) is 25.1. The molecule has 9 nitrogen and oxygen atoms in total. The number of H-pyrrole nitrogens is 1. The number of aromatic nitrogens is 3. The van der Waals surface area contributed by atoms with E-state index in [4.69, 9.17) is 9.47 Å². The molecule has 0 aliphatic heterocycles. The zero-order valence-electron chi connectivity index (χ0n) is 20.6. The second kappa shape index (κ2) is 10.3. The molecule has 2 aromatic carbocycles. The minimum atomic E-state index is -3.82. The smallest absolute Gasteiger partial charge is 0.276 e. The number of aryl methyl sites for hydroxylation is 1. The highest BCUT2D eigenvalue weighted by molar-refractivity contribution is 7.92. The Morgan fingerprint density at radius 3 is 2.22 bits per heavy atom. The van der Waals surface area contributed by atoms with E-state index in [2.05, 4.69) is 10.1 Å². The number of nitrogens with one attached hydrogen (secondary N) is 1. The molecule has 0 radical (unpaired) electrons. The minimum Gasteiger partial charge on any atom is -0.497 e. The van der Waals surface area contributed by atoms with Crippen LogP contribution >= 0.6 is 0 Å². The number of ether oxygens (including phenoxy) is 2. The lowest BCUT2D eigenvalue weighted by Gasteiger charge is -2.22. The number of hydrogen-bond acceptors (Lipinski definition) is 6. The van der Waals surface area contributed by atoms with Gasteiger partial charge in [0.05, 0.1) is 19.9 Å². The Morgan fingerprint density at radius 1 is 1.00 bits per heavy atom. The Kier molecular flexibility index (Phi) is 7.16. The molecule has 0 amide bonds. The molecule has 36 heavy (non-hydrogen) atoms. The van der Waals surface area contributed by atoms with E-state index in [9.17, 15) is 13.2 Å². The summed E-state index contributed by atoms with van der Waals surface area (Å²) in [6.07, 6.45) is 1.63. The molecular formula is C26H28N4O5S. The molecule has 2 heterocycles. The number of sulfonamides is 1. The molecule has 0 fully saturated rings. The van der Waals surface area contributed by atoms with Gasteiger partial charge in [-0.1, -0.05) is 18.2 Å². The summed E-state index contributed by atoms with van der Waals surface area (Å²) in [6.45, 7) is 3.84. The summed E-state index contributed by atoms with van der Waals surface area (Å²) in [6, 6.07) is 17.3. The summed E-state index contributed by atoms with van der Waals surface area (Å²) in [7, 11) is -0.677. The predicted molar refractivity (Wildman–Crippen MR) is 138 cm³/mol. The van der Waals surface area contributed by atoms with Gasteiger partial charge in [0.25, 0.3) is 15.6 Å². The molecule has 0 unspecified atom stereocenters. The number of benzene rings is 2. The van der Waals surface area contributed by atoms with Gasteiger partial charge < -0.3 is 9.47 Å². The molecule has 0 bridgehead atoms. The van der Waals surface area contributed by atoms with Gasteiger partial charge in [0.15, 0.2) is 5.82 Å². The van der Waals surface area contributed by atoms with Crippen molar-refractivity contribution in [2.75, 3.05) is 25.1 Å². The van der Waals surface area contributed by atoms with Crippen molar-refractivity contribution in [3.8, 4) is 17.3 Å². The van der Waals surface area contributed by atoms with E-state index in [0.29, 0.717) is 40.7 Å². The van der Waals surface area contributed by atoms with Crippen molar-refractivity contribution < 1.29 is 17.9 Å². The highest BCUT2D eigenvalue weighted by atomic mass is 32.2. The fourth-order valence-electron chi connectivity index (χ4n) is 3.99. The van der Waals surface area contributed by atoms with Crippen molar-refractivity contribution >= 4 is 15.7 Å². The summed E-state index contributed by atoms with van der Waals surface area (Å²) >= 11 is 0. The fraction of sp³-hybridized carbons (Fsp3) is 0.231. The summed E-state index contributed by atoms with van der Waals surface area (Å²) in [4.78, 5) is 17.6. The number of para-hydroxylation sites is 1. The molecule has 10 heteroatoms. The molecule has 0 spiro atoms. The van der Waals surface area contributed by atoms with Crippen molar-refractivity contribution in [1.82, 2.24) is 14.8 Å². The molecule has 0 saturated carbocycles. The molecule has 0 atom stereocenters. The maximum atomic E-state index is 13.2. The van der Waals surface area contributed by atoms with Crippen molar-refractivity contribution in [1.29, 1.82) is 0 Å². The van der Waals surface area contributed by atoms with E-state index >= 15 is 0 Å². The molecule has 2 aromatic heterocycles. The van der Waals surface area contributed by atoms with E-state index in [-0.39, 0.29) is 17.0 Å². The molecule has 4 aromatic rings. The maximum absolute atomic E-state index is 13.2. The number of anilines is 1. The standard InChI is InChI=1S/C26H28N4O5S/c1-5-29(20-9-7-6-8-10-20)36(32,33)23-11-12-25(27-17-23)30-26(31)24(18(2)28-30)15-19-13-21(34-3)16-22(14-19)35-4/h6-14,16-17,28H,5,15H2,1-4H3. The average molecular weight is 509 g/mol. The Balaban J connectivity index is 1.64. The van der Waals surface area contributed by atoms with Crippen LogP contribution in [0.15, 0.2) is 76.6 Å². The normalized spacial score (nSPS) is 11.3. The largest absolute Gasteiger partial charge is 0.497 e. The Hall–Kier alpha value is -4.05. The quantitative estimate of drug-likeness (QED) is 0.370. The first-order valence-electron chi connectivity index (χ1n) is 11.3. The van der Waals surface area contributed by atoms with E-state index in [1.54, 1.807) is 51.5 Å². The molecule has 0 aliphatic rings. The van der Waals surface area contributed by atoms with Gasteiger partial charge in [-0.2, -0.15) is 0 Å².